The molecule has 9 N–H and O–H groups in total. The van der Waals surface area contributed by atoms with E-state index < -0.39 is 99.8 Å². The molecule has 0 saturated carbocycles. The second kappa shape index (κ2) is 19.9. The largest absolute Gasteiger partial charge is 0.507 e. The summed E-state index contributed by atoms with van der Waals surface area (Å²) in [6, 6.07) is 19.2. The number of aromatic hydroxyl groups is 2. The minimum absolute atomic E-state index is 0.0105. The molecule has 0 saturated heterocycles. The van der Waals surface area contributed by atoms with Gasteiger partial charge in [-0.1, -0.05) is 30.3 Å². The monoisotopic (exact) mass is 1140 g/mol. The predicted octanol–water partition coefficient (Wildman–Crippen LogP) is 9.55. The van der Waals surface area contributed by atoms with Gasteiger partial charge < -0.3 is 30.2 Å². The molecule has 0 aromatic heterocycles. The van der Waals surface area contributed by atoms with Gasteiger partial charge in [-0.2, -0.15) is 16.8 Å². The number of aryl methyl sites for hydroxylation is 6. The minimum atomic E-state index is -5.23. The third-order valence-corrected chi connectivity index (χ3v) is 17.5. The number of sulfonamides is 2. The van der Waals surface area contributed by atoms with Crippen molar-refractivity contribution in [2.24, 2.45) is 4.99 Å². The molecule has 0 amide bonds. The van der Waals surface area contributed by atoms with Crippen molar-refractivity contribution in [1.29, 1.82) is 0 Å². The van der Waals surface area contributed by atoms with Gasteiger partial charge in [-0.05, 0) is 148 Å². The number of rotatable bonds is 14. The number of hydrogen-bond donors (Lipinski definition) is 9. The fourth-order valence-electron chi connectivity index (χ4n) is 9.29. The molecule has 78 heavy (non-hydrogen) atoms. The van der Waals surface area contributed by atoms with Crippen molar-refractivity contribution >= 4 is 91.6 Å². The van der Waals surface area contributed by atoms with Crippen LogP contribution in [0.4, 0.5) is 28.4 Å². The summed E-state index contributed by atoms with van der Waals surface area (Å²) in [4.78, 5) is 26.1. The molecule has 1 aliphatic carbocycles. The number of fused-ring (bicyclic) bond motifs is 2. The van der Waals surface area contributed by atoms with E-state index in [4.69, 9.17) is 4.42 Å². The maximum atomic E-state index is 13.9. The van der Waals surface area contributed by atoms with Gasteiger partial charge in [-0.25, -0.2) is 31.4 Å². The summed E-state index contributed by atoms with van der Waals surface area (Å²) in [5.41, 5.74) is 1.90. The van der Waals surface area contributed by atoms with Crippen LogP contribution >= 0.6 is 0 Å². The van der Waals surface area contributed by atoms with Crippen molar-refractivity contribution in [2.45, 2.75) is 75.0 Å². The lowest BCUT2D eigenvalue weighted by Crippen LogP contribution is -2.17. The summed E-state index contributed by atoms with van der Waals surface area (Å²) in [5, 5.41) is 42.9. The van der Waals surface area contributed by atoms with Crippen molar-refractivity contribution < 1.29 is 77.2 Å². The molecular formula is C53H48N4O17S4. The molecule has 0 atom stereocenters. The third-order valence-electron chi connectivity index (χ3n) is 13.0. The third kappa shape index (κ3) is 10.4. The quantitative estimate of drug-likeness (QED) is 0.0361. The maximum Gasteiger partial charge on any atom is 0.339 e. The van der Waals surface area contributed by atoms with E-state index in [2.05, 4.69) is 19.8 Å². The Labute approximate surface area is 447 Å². The number of carboxylic acid groups (broad SMARTS) is 2. The van der Waals surface area contributed by atoms with E-state index in [0.29, 0.717) is 39.2 Å². The normalized spacial score (nSPS) is 12.5. The summed E-state index contributed by atoms with van der Waals surface area (Å²) in [6.45, 7) is 12.4. The molecule has 0 radical (unpaired) electrons. The zero-order chi connectivity index (χ0) is 57.5. The smallest absolute Gasteiger partial charge is 0.339 e. The van der Waals surface area contributed by atoms with Gasteiger partial charge in [-0.3, -0.25) is 18.5 Å². The van der Waals surface area contributed by atoms with Gasteiger partial charge in [0.15, 0.2) is 0 Å². The second-order valence-electron chi connectivity index (χ2n) is 18.5. The van der Waals surface area contributed by atoms with E-state index >= 15 is 0 Å². The highest BCUT2D eigenvalue weighted by atomic mass is 32.2. The van der Waals surface area contributed by atoms with Crippen LogP contribution in [0.3, 0.4) is 0 Å². The molecular weight excluding hydrogens is 1090 g/mol. The second-order valence-corrected chi connectivity index (χ2v) is 24.7. The maximum absolute atomic E-state index is 13.9. The van der Waals surface area contributed by atoms with Crippen molar-refractivity contribution in [3.8, 4) is 33.9 Å². The highest BCUT2D eigenvalue weighted by Crippen LogP contribution is 2.45. The summed E-state index contributed by atoms with van der Waals surface area (Å²) < 4.78 is 141. The van der Waals surface area contributed by atoms with Crippen LogP contribution in [0.1, 0.15) is 65.2 Å². The molecule has 1 aliphatic heterocycles. The van der Waals surface area contributed by atoms with E-state index in [1.165, 1.54) is 51.1 Å². The van der Waals surface area contributed by atoms with E-state index in [1.54, 1.807) is 52.8 Å². The minimum Gasteiger partial charge on any atom is -0.507 e. The number of benzene rings is 7. The number of anilines is 4. The van der Waals surface area contributed by atoms with Crippen molar-refractivity contribution in [3.63, 3.8) is 0 Å². The van der Waals surface area contributed by atoms with Gasteiger partial charge in [0.25, 0.3) is 40.3 Å². The van der Waals surface area contributed by atoms with Crippen LogP contribution < -0.4 is 20.1 Å². The molecule has 8 rings (SSSR count). The number of phenols is 2. The Morgan fingerprint density at radius 2 is 1.03 bits per heavy atom. The molecule has 0 fully saturated rings. The number of carbonyl (C=O) groups is 2. The van der Waals surface area contributed by atoms with E-state index in [0.717, 1.165) is 42.5 Å². The van der Waals surface area contributed by atoms with Gasteiger partial charge in [0.05, 0.1) is 32.2 Å². The molecule has 21 nitrogen and oxygen atoms in total. The molecule has 0 unspecified atom stereocenters. The summed E-state index contributed by atoms with van der Waals surface area (Å²) in [5.74, 6) is -4.47. The van der Waals surface area contributed by atoms with E-state index in [9.17, 15) is 72.8 Å². The Morgan fingerprint density at radius 3 is 1.55 bits per heavy atom. The predicted molar refractivity (Wildman–Crippen MR) is 289 cm³/mol. The fourth-order valence-corrected chi connectivity index (χ4v) is 13.2. The average Bonchev–Trinajstić information content (AvgIpc) is 3.42. The van der Waals surface area contributed by atoms with Crippen LogP contribution in [0, 0.1) is 55.4 Å². The van der Waals surface area contributed by atoms with Crippen molar-refractivity contribution in [1.82, 2.24) is 0 Å². The van der Waals surface area contributed by atoms with E-state index in [-0.39, 0.29) is 67.2 Å². The molecule has 0 spiro atoms. The van der Waals surface area contributed by atoms with Crippen LogP contribution in [-0.4, -0.2) is 75.1 Å². The summed E-state index contributed by atoms with van der Waals surface area (Å²) in [6.07, 6.45) is 0. The van der Waals surface area contributed by atoms with Gasteiger partial charge >= 0.3 is 11.9 Å². The van der Waals surface area contributed by atoms with Gasteiger partial charge in [-0.15, -0.1) is 0 Å². The lowest BCUT2D eigenvalue weighted by molar-refractivity contribution is 0.0682. The zero-order valence-corrected chi connectivity index (χ0v) is 45.7. The Bertz CT molecular complexity index is 4460. The van der Waals surface area contributed by atoms with E-state index in [1.807, 2.05) is 0 Å². The molecule has 25 heteroatoms. The summed E-state index contributed by atoms with van der Waals surface area (Å²) >= 11 is 0. The Kier molecular flexibility index (Phi) is 14.3. The molecule has 6 aromatic carbocycles. The Morgan fingerprint density at radius 1 is 0.526 bits per heavy atom. The Balaban J connectivity index is 1.32. The standard InChI is InChI=1S/C53H48N4O17S4/c1-24-15-26(3)48(56-75(64,65)33-17-28(5)50(58)38(20-33)52(60)61)30(7)46(24)54-32-13-14-35-41(19-32)74-42-23-40(44(78(71,72)73)22-37(42)45(35)36-11-9-10-12-43(36)77(68,69)70)55-47-25(2)16-27(4)49(31(47)8)57-76(66,67)34-18-29(6)51(59)39(21-34)53(62)63/h9-23,54,56-59H,1-8H3,(H,60,61)(H,62,63)(H,68,69,70)(H,71,72,73). The first kappa shape index (κ1) is 55.9. The average molecular weight is 1140 g/mol. The number of carboxylic acids is 2. The first-order valence-electron chi connectivity index (χ1n) is 23.0. The highest BCUT2D eigenvalue weighted by Gasteiger charge is 2.29. The number of nitrogens with zero attached hydrogens (tertiary/aromatic N) is 1. The van der Waals surface area contributed by atoms with Gasteiger partial charge in [0, 0.05) is 45.6 Å². The van der Waals surface area contributed by atoms with Crippen LogP contribution in [0.15, 0.2) is 120 Å². The van der Waals surface area contributed by atoms with Gasteiger partial charge in [0.1, 0.15) is 43.8 Å². The molecule has 0 bridgehead atoms. The van der Waals surface area contributed by atoms with Crippen LogP contribution in [0.2, 0.25) is 0 Å². The highest BCUT2D eigenvalue weighted by molar-refractivity contribution is 7.93. The number of aromatic carboxylic acids is 2. The first-order chi connectivity index (χ1) is 36.2. The number of nitrogens with one attached hydrogen (secondary N) is 3. The SMILES string of the molecule is Cc1cc(S(=O)(=O)Nc2c(C)cc(C)c(N=c3cc4oc5cc(Nc6c(C)cc(C)c(NS(=O)(=O)c7cc(C)c(O)c(C(=O)O)c7)c6C)ccc5c(-c5ccccc5S(=O)(=O)O)c-4cc3S(=O)(=O)O)c2C)cc(C(=O)O)c1O. The topological polar surface area (TPSA) is 354 Å². The summed E-state index contributed by atoms with van der Waals surface area (Å²) in [7, 11) is -19.2. The molecule has 1 heterocycles. The first-order valence-corrected chi connectivity index (χ1v) is 28.9. The van der Waals surface area contributed by atoms with Crippen LogP contribution in [0.5, 0.6) is 11.5 Å². The lowest BCUT2D eigenvalue weighted by Gasteiger charge is -2.21. The van der Waals surface area contributed by atoms with Crippen LogP contribution in [-0.2, 0) is 40.3 Å². The molecule has 2 aliphatic rings. The van der Waals surface area contributed by atoms with Crippen LogP contribution in [0.25, 0.3) is 33.4 Å². The molecule has 406 valence electrons. The molecule has 6 aromatic rings. The zero-order valence-electron chi connectivity index (χ0n) is 42.4. The van der Waals surface area contributed by atoms with Crippen molar-refractivity contribution in [3.05, 3.63) is 152 Å². The fraction of sp³-hybridized carbons (Fsp3) is 0.151. The number of hydrogen-bond acceptors (Lipinski definition) is 15. The van der Waals surface area contributed by atoms with Gasteiger partial charge in [0.2, 0.25) is 0 Å². The van der Waals surface area contributed by atoms with Crippen molar-refractivity contribution in [2.75, 3.05) is 14.8 Å². The Hall–Kier alpha value is -8.33. The lowest BCUT2D eigenvalue weighted by atomic mass is 9.93.